The number of nitrogens with one attached hydrogen (secondary N) is 1. The Hall–Kier alpha value is -2.40. The van der Waals surface area contributed by atoms with Crippen molar-refractivity contribution in [1.29, 1.82) is 0 Å². The summed E-state index contributed by atoms with van der Waals surface area (Å²) >= 11 is 1.41. The van der Waals surface area contributed by atoms with Crippen LogP contribution in [0.5, 0.6) is 5.75 Å². The van der Waals surface area contributed by atoms with Gasteiger partial charge in [-0.2, -0.15) is 0 Å². The Labute approximate surface area is 119 Å². The van der Waals surface area contributed by atoms with Gasteiger partial charge >= 0.3 is 0 Å². The molecule has 0 radical (unpaired) electrons. The van der Waals surface area contributed by atoms with E-state index in [0.717, 1.165) is 10.2 Å². The van der Waals surface area contributed by atoms with E-state index in [1.54, 1.807) is 25.1 Å². The first-order valence-electron chi connectivity index (χ1n) is 6.10. The summed E-state index contributed by atoms with van der Waals surface area (Å²) < 4.78 is 1.01. The van der Waals surface area contributed by atoms with Crippen LogP contribution in [0.25, 0.3) is 10.2 Å². The lowest BCUT2D eigenvalue weighted by molar-refractivity contribution is 0.102. The second-order valence-corrected chi connectivity index (χ2v) is 5.44. The predicted octanol–water partition coefficient (Wildman–Crippen LogP) is 3.56. The van der Waals surface area contributed by atoms with E-state index in [0.29, 0.717) is 10.7 Å². The second-order valence-electron chi connectivity index (χ2n) is 4.41. The van der Waals surface area contributed by atoms with Gasteiger partial charge in [0.2, 0.25) is 0 Å². The monoisotopic (exact) mass is 284 g/mol. The Bertz CT molecular complexity index is 762. The Kier molecular flexibility index (Phi) is 3.12. The minimum absolute atomic E-state index is 0.00566. The van der Waals surface area contributed by atoms with E-state index in [2.05, 4.69) is 10.3 Å². The third-order valence-corrected chi connectivity index (χ3v) is 3.95. The maximum atomic E-state index is 12.2. The van der Waals surface area contributed by atoms with E-state index in [4.69, 9.17) is 0 Å². The topological polar surface area (TPSA) is 62.2 Å². The van der Waals surface area contributed by atoms with Gasteiger partial charge in [-0.05, 0) is 30.7 Å². The average molecular weight is 284 g/mol. The van der Waals surface area contributed by atoms with Crippen LogP contribution in [0.3, 0.4) is 0 Å². The molecule has 2 aromatic carbocycles. The summed E-state index contributed by atoms with van der Waals surface area (Å²) in [5.74, 6) is -0.351. The van der Waals surface area contributed by atoms with Crippen LogP contribution in [0.15, 0.2) is 42.5 Å². The lowest BCUT2D eigenvalue weighted by Gasteiger charge is -2.05. The third-order valence-electron chi connectivity index (χ3n) is 3.00. The van der Waals surface area contributed by atoms with Gasteiger partial charge in [0.15, 0.2) is 5.13 Å². The SMILES string of the molecule is Cc1cccc(C(=O)Nc2nc3ccccc3s2)c1O. The number of nitrogens with zero attached hydrogens (tertiary/aromatic N) is 1. The van der Waals surface area contributed by atoms with Crippen molar-refractivity contribution >= 4 is 32.6 Å². The van der Waals surface area contributed by atoms with Crippen LogP contribution in [-0.4, -0.2) is 16.0 Å². The Morgan fingerprint density at radius 1 is 1.20 bits per heavy atom. The Balaban J connectivity index is 1.90. The lowest BCUT2D eigenvalue weighted by Crippen LogP contribution is -2.12. The molecule has 3 aromatic rings. The van der Waals surface area contributed by atoms with Crippen molar-refractivity contribution in [3.05, 3.63) is 53.6 Å². The minimum Gasteiger partial charge on any atom is -0.507 e. The normalized spacial score (nSPS) is 10.7. The number of benzene rings is 2. The van der Waals surface area contributed by atoms with Crippen molar-refractivity contribution in [2.75, 3.05) is 5.32 Å². The zero-order valence-corrected chi connectivity index (χ0v) is 11.6. The molecule has 0 fully saturated rings. The van der Waals surface area contributed by atoms with Crippen molar-refractivity contribution < 1.29 is 9.90 Å². The number of carbonyl (C=O) groups is 1. The summed E-state index contributed by atoms with van der Waals surface area (Å²) in [6.07, 6.45) is 0. The predicted molar refractivity (Wildman–Crippen MR) is 80.4 cm³/mol. The summed E-state index contributed by atoms with van der Waals surface area (Å²) in [6, 6.07) is 12.8. The first kappa shape index (κ1) is 12.6. The maximum absolute atomic E-state index is 12.2. The van der Waals surface area contributed by atoms with E-state index < -0.39 is 0 Å². The first-order valence-corrected chi connectivity index (χ1v) is 6.92. The summed E-state index contributed by atoms with van der Waals surface area (Å²) in [6.45, 7) is 1.75. The number of amides is 1. The lowest BCUT2D eigenvalue weighted by atomic mass is 10.1. The molecule has 1 aromatic heterocycles. The van der Waals surface area contributed by atoms with Crippen LogP contribution in [0.1, 0.15) is 15.9 Å². The van der Waals surface area contributed by atoms with E-state index >= 15 is 0 Å². The zero-order valence-electron chi connectivity index (χ0n) is 10.8. The number of carbonyl (C=O) groups excluding carboxylic acids is 1. The molecule has 20 heavy (non-hydrogen) atoms. The molecule has 5 heteroatoms. The third kappa shape index (κ3) is 2.23. The number of phenolic OH excluding ortho intramolecular Hbond substituents is 1. The van der Waals surface area contributed by atoms with Crippen LogP contribution in [-0.2, 0) is 0 Å². The van der Waals surface area contributed by atoms with Crippen LogP contribution in [0.2, 0.25) is 0 Å². The highest BCUT2D eigenvalue weighted by Gasteiger charge is 2.14. The summed E-state index contributed by atoms with van der Waals surface area (Å²) in [5, 5.41) is 13.2. The molecule has 4 nitrogen and oxygen atoms in total. The number of rotatable bonds is 2. The fourth-order valence-electron chi connectivity index (χ4n) is 1.93. The standard InChI is InChI=1S/C15H12N2O2S/c1-9-5-4-6-10(13(9)18)14(19)17-15-16-11-7-2-3-8-12(11)20-15/h2-8,18H,1H3,(H,16,17,19). The molecule has 0 aliphatic carbocycles. The number of aryl methyl sites for hydroxylation is 1. The molecule has 0 bridgehead atoms. The molecule has 0 atom stereocenters. The van der Waals surface area contributed by atoms with Crippen molar-refractivity contribution in [3.8, 4) is 5.75 Å². The quantitative estimate of drug-likeness (QED) is 0.756. The van der Waals surface area contributed by atoms with Gasteiger partial charge in [-0.25, -0.2) is 4.98 Å². The molecule has 0 saturated heterocycles. The number of fused-ring (bicyclic) bond motifs is 1. The van der Waals surface area contributed by atoms with Crippen LogP contribution < -0.4 is 5.32 Å². The van der Waals surface area contributed by atoms with E-state index in [9.17, 15) is 9.90 Å². The number of aromatic hydroxyl groups is 1. The highest BCUT2D eigenvalue weighted by atomic mass is 32.1. The molecule has 100 valence electrons. The van der Waals surface area contributed by atoms with Crippen LogP contribution >= 0.6 is 11.3 Å². The molecule has 0 spiro atoms. The van der Waals surface area contributed by atoms with E-state index in [1.807, 2.05) is 24.3 Å². The molecule has 0 saturated carbocycles. The fourth-order valence-corrected chi connectivity index (χ4v) is 2.79. The van der Waals surface area contributed by atoms with Gasteiger partial charge in [0.1, 0.15) is 5.75 Å². The van der Waals surface area contributed by atoms with Crippen molar-refractivity contribution in [1.82, 2.24) is 4.98 Å². The van der Waals surface area contributed by atoms with Gasteiger partial charge in [0.05, 0.1) is 15.8 Å². The maximum Gasteiger partial charge on any atom is 0.261 e. The van der Waals surface area contributed by atoms with Crippen molar-refractivity contribution in [3.63, 3.8) is 0 Å². The van der Waals surface area contributed by atoms with Gasteiger partial charge in [-0.3, -0.25) is 10.1 Å². The van der Waals surface area contributed by atoms with Gasteiger partial charge in [0.25, 0.3) is 5.91 Å². The Morgan fingerprint density at radius 3 is 2.80 bits per heavy atom. The molecular formula is C15H12N2O2S. The van der Waals surface area contributed by atoms with Crippen LogP contribution in [0, 0.1) is 6.92 Å². The number of hydrogen-bond donors (Lipinski definition) is 2. The van der Waals surface area contributed by atoms with Gasteiger partial charge < -0.3 is 5.11 Å². The fraction of sp³-hybridized carbons (Fsp3) is 0.0667. The smallest absolute Gasteiger partial charge is 0.261 e. The molecule has 2 N–H and O–H groups in total. The molecule has 3 rings (SSSR count). The number of para-hydroxylation sites is 2. The number of phenols is 1. The summed E-state index contributed by atoms with van der Waals surface area (Å²) in [7, 11) is 0. The number of hydrogen-bond acceptors (Lipinski definition) is 4. The van der Waals surface area contributed by atoms with E-state index in [-0.39, 0.29) is 17.2 Å². The van der Waals surface area contributed by atoms with Crippen molar-refractivity contribution in [2.45, 2.75) is 6.92 Å². The average Bonchev–Trinajstić information content (AvgIpc) is 2.83. The molecule has 1 heterocycles. The Morgan fingerprint density at radius 2 is 2.00 bits per heavy atom. The summed E-state index contributed by atoms with van der Waals surface area (Å²) in [5.41, 5.74) is 1.77. The largest absolute Gasteiger partial charge is 0.507 e. The summed E-state index contributed by atoms with van der Waals surface area (Å²) in [4.78, 5) is 16.5. The van der Waals surface area contributed by atoms with Gasteiger partial charge in [-0.1, -0.05) is 35.6 Å². The molecule has 0 aliphatic rings. The molecule has 0 aliphatic heterocycles. The number of aromatic nitrogens is 1. The molecular weight excluding hydrogens is 272 g/mol. The van der Waals surface area contributed by atoms with E-state index in [1.165, 1.54) is 11.3 Å². The number of anilines is 1. The highest BCUT2D eigenvalue weighted by molar-refractivity contribution is 7.22. The van der Waals surface area contributed by atoms with Gasteiger partial charge in [0, 0.05) is 0 Å². The second kappa shape index (κ2) is 4.94. The molecule has 1 amide bonds. The van der Waals surface area contributed by atoms with Gasteiger partial charge in [-0.15, -0.1) is 0 Å². The van der Waals surface area contributed by atoms with Crippen LogP contribution in [0.4, 0.5) is 5.13 Å². The highest BCUT2D eigenvalue weighted by Crippen LogP contribution is 2.27. The number of thiazole rings is 1. The molecule has 0 unspecified atom stereocenters. The first-order chi connectivity index (χ1) is 9.65. The van der Waals surface area contributed by atoms with Crippen molar-refractivity contribution in [2.24, 2.45) is 0 Å². The zero-order chi connectivity index (χ0) is 14.1. The minimum atomic E-state index is -0.356.